The molecule has 1 N–H and O–H groups in total. The van der Waals surface area contributed by atoms with Crippen LogP contribution in [-0.2, 0) is 0 Å². The molecule has 90 valence electrons. The molecule has 1 aliphatic carbocycles. The number of hydrogen-bond donors (Lipinski definition) is 1. The van der Waals surface area contributed by atoms with E-state index >= 15 is 0 Å². The lowest BCUT2D eigenvalue weighted by atomic mass is 10.1. The van der Waals surface area contributed by atoms with Gasteiger partial charge in [-0.05, 0) is 24.3 Å². The highest BCUT2D eigenvalue weighted by atomic mass is 32.1. The zero-order chi connectivity index (χ0) is 11.7. The maximum absolute atomic E-state index is 5.29. The van der Waals surface area contributed by atoms with Crippen LogP contribution < -0.4 is 4.74 Å². The third-order valence-electron chi connectivity index (χ3n) is 3.30. The predicted molar refractivity (Wildman–Crippen MR) is 67.5 cm³/mol. The smallest absolute Gasteiger partial charge is 0.195 e. The van der Waals surface area contributed by atoms with Gasteiger partial charge < -0.3 is 4.74 Å². The summed E-state index contributed by atoms with van der Waals surface area (Å²) in [4.78, 5) is 5.61. The summed E-state index contributed by atoms with van der Waals surface area (Å²) in [5, 5.41) is 9.38. The van der Waals surface area contributed by atoms with Gasteiger partial charge in [-0.1, -0.05) is 12.8 Å². The van der Waals surface area contributed by atoms with E-state index in [-0.39, 0.29) is 0 Å². The Balaban J connectivity index is 1.89. The van der Waals surface area contributed by atoms with Crippen molar-refractivity contribution in [2.45, 2.75) is 31.6 Å². The van der Waals surface area contributed by atoms with Crippen molar-refractivity contribution in [2.24, 2.45) is 0 Å². The number of hydrogen-bond acceptors (Lipinski definition) is 4. The Morgan fingerprint density at radius 1 is 1.41 bits per heavy atom. The van der Waals surface area contributed by atoms with Gasteiger partial charge in [0.1, 0.15) is 16.5 Å². The fourth-order valence-corrected chi connectivity index (χ4v) is 3.17. The minimum Gasteiger partial charge on any atom is -0.495 e. The molecular formula is C12H15N3OS. The largest absolute Gasteiger partial charge is 0.495 e. The Morgan fingerprint density at radius 3 is 3.00 bits per heavy atom. The van der Waals surface area contributed by atoms with Crippen molar-refractivity contribution in [1.82, 2.24) is 15.2 Å². The van der Waals surface area contributed by atoms with E-state index in [1.54, 1.807) is 18.4 Å². The van der Waals surface area contributed by atoms with E-state index in [0.717, 1.165) is 22.3 Å². The average Bonchev–Trinajstić information content (AvgIpc) is 3.09. The molecular weight excluding hydrogens is 234 g/mol. The number of nitrogens with one attached hydrogen (secondary N) is 1. The molecule has 0 amide bonds. The Morgan fingerprint density at radius 2 is 2.24 bits per heavy atom. The molecule has 0 saturated heterocycles. The standard InChI is InChI=1S/C12H15N3OS/c1-16-9-6-7-17-10(9)12-13-11(14-15-12)8-4-2-3-5-8/h6-8H,2-5H2,1H3,(H,13,14,15). The van der Waals surface area contributed by atoms with Gasteiger partial charge in [-0.15, -0.1) is 11.3 Å². The number of ether oxygens (including phenoxy) is 1. The average molecular weight is 249 g/mol. The number of methoxy groups -OCH3 is 1. The zero-order valence-electron chi connectivity index (χ0n) is 9.77. The lowest BCUT2D eigenvalue weighted by molar-refractivity contribution is 0.418. The van der Waals surface area contributed by atoms with Gasteiger partial charge in [-0.3, -0.25) is 5.10 Å². The molecule has 4 nitrogen and oxygen atoms in total. The monoisotopic (exact) mass is 249 g/mol. The van der Waals surface area contributed by atoms with Gasteiger partial charge in [-0.2, -0.15) is 5.10 Å². The number of aromatic amines is 1. The van der Waals surface area contributed by atoms with E-state index in [2.05, 4.69) is 15.2 Å². The molecule has 0 aromatic carbocycles. The minimum absolute atomic E-state index is 0.571. The zero-order valence-corrected chi connectivity index (χ0v) is 10.6. The third-order valence-corrected chi connectivity index (χ3v) is 4.19. The van der Waals surface area contributed by atoms with Crippen LogP contribution in [-0.4, -0.2) is 22.3 Å². The van der Waals surface area contributed by atoms with E-state index < -0.39 is 0 Å². The van der Waals surface area contributed by atoms with E-state index in [0.29, 0.717) is 5.92 Å². The quantitative estimate of drug-likeness (QED) is 0.908. The van der Waals surface area contributed by atoms with Crippen molar-refractivity contribution in [3.05, 3.63) is 17.3 Å². The highest BCUT2D eigenvalue weighted by Gasteiger charge is 2.22. The number of thiophene rings is 1. The molecule has 1 saturated carbocycles. The number of H-pyrrole nitrogens is 1. The lowest BCUT2D eigenvalue weighted by Gasteiger charge is -2.01. The lowest BCUT2D eigenvalue weighted by Crippen LogP contribution is -1.94. The normalized spacial score (nSPS) is 16.5. The molecule has 0 spiro atoms. The van der Waals surface area contributed by atoms with Crippen molar-refractivity contribution in [3.63, 3.8) is 0 Å². The van der Waals surface area contributed by atoms with Crippen molar-refractivity contribution in [1.29, 1.82) is 0 Å². The third kappa shape index (κ3) is 1.95. The summed E-state index contributed by atoms with van der Waals surface area (Å²) in [6, 6.07) is 1.95. The number of aromatic nitrogens is 3. The van der Waals surface area contributed by atoms with Gasteiger partial charge in [0.2, 0.25) is 0 Å². The fraction of sp³-hybridized carbons (Fsp3) is 0.500. The van der Waals surface area contributed by atoms with Crippen LogP contribution in [0, 0.1) is 0 Å². The molecule has 1 fully saturated rings. The minimum atomic E-state index is 0.571. The summed E-state index contributed by atoms with van der Waals surface area (Å²) in [7, 11) is 1.68. The summed E-state index contributed by atoms with van der Waals surface area (Å²) in [5.74, 6) is 3.22. The maximum atomic E-state index is 5.29. The molecule has 2 aromatic heterocycles. The van der Waals surface area contributed by atoms with Gasteiger partial charge in [0.25, 0.3) is 0 Å². The Labute approximate surface area is 104 Å². The van der Waals surface area contributed by atoms with Crippen LogP contribution in [0.2, 0.25) is 0 Å². The summed E-state index contributed by atoms with van der Waals surface area (Å²) < 4.78 is 5.29. The second-order valence-electron chi connectivity index (χ2n) is 4.34. The first-order valence-electron chi connectivity index (χ1n) is 5.92. The second kappa shape index (κ2) is 4.49. The molecule has 1 aliphatic rings. The van der Waals surface area contributed by atoms with Crippen LogP contribution >= 0.6 is 11.3 Å². The van der Waals surface area contributed by atoms with Gasteiger partial charge in [-0.25, -0.2) is 4.98 Å². The number of nitrogens with zero attached hydrogens (tertiary/aromatic N) is 2. The first-order chi connectivity index (χ1) is 8.38. The van der Waals surface area contributed by atoms with Crippen molar-refractivity contribution < 1.29 is 4.74 Å². The summed E-state index contributed by atoms with van der Waals surface area (Å²) >= 11 is 1.61. The van der Waals surface area contributed by atoms with Gasteiger partial charge >= 0.3 is 0 Å². The molecule has 17 heavy (non-hydrogen) atoms. The van der Waals surface area contributed by atoms with Gasteiger partial charge in [0, 0.05) is 5.92 Å². The Hall–Kier alpha value is -1.36. The molecule has 0 aliphatic heterocycles. The van der Waals surface area contributed by atoms with Crippen LogP contribution in [0.3, 0.4) is 0 Å². The first-order valence-corrected chi connectivity index (χ1v) is 6.80. The van der Waals surface area contributed by atoms with Crippen molar-refractivity contribution in [3.8, 4) is 16.5 Å². The van der Waals surface area contributed by atoms with Crippen LogP contribution in [0.15, 0.2) is 11.4 Å². The summed E-state index contributed by atoms with van der Waals surface area (Å²) in [6.07, 6.45) is 5.08. The molecule has 2 aromatic rings. The first kappa shape index (κ1) is 10.8. The van der Waals surface area contributed by atoms with Crippen LogP contribution in [0.5, 0.6) is 5.75 Å². The van der Waals surface area contributed by atoms with Crippen molar-refractivity contribution in [2.75, 3.05) is 7.11 Å². The molecule has 0 radical (unpaired) electrons. The van der Waals surface area contributed by atoms with Gasteiger partial charge in [0.05, 0.1) is 7.11 Å². The second-order valence-corrected chi connectivity index (χ2v) is 5.26. The van der Waals surface area contributed by atoms with E-state index in [1.807, 2.05) is 11.4 Å². The molecule has 0 bridgehead atoms. The Bertz CT molecular complexity index is 499. The van der Waals surface area contributed by atoms with Crippen molar-refractivity contribution >= 4 is 11.3 Å². The number of rotatable bonds is 3. The molecule has 5 heteroatoms. The topological polar surface area (TPSA) is 50.8 Å². The van der Waals surface area contributed by atoms with Crippen LogP contribution in [0.4, 0.5) is 0 Å². The molecule has 0 atom stereocenters. The highest BCUT2D eigenvalue weighted by molar-refractivity contribution is 7.13. The maximum Gasteiger partial charge on any atom is 0.195 e. The van der Waals surface area contributed by atoms with Gasteiger partial charge in [0.15, 0.2) is 5.82 Å². The molecule has 0 unspecified atom stereocenters. The summed E-state index contributed by atoms with van der Waals surface area (Å²) in [6.45, 7) is 0. The fourth-order valence-electron chi connectivity index (χ4n) is 2.38. The molecule has 3 rings (SSSR count). The SMILES string of the molecule is COc1ccsc1-c1n[nH]c(C2CCCC2)n1. The Kier molecular flexibility index (Phi) is 2.84. The highest BCUT2D eigenvalue weighted by Crippen LogP contribution is 2.36. The van der Waals surface area contributed by atoms with E-state index in [4.69, 9.17) is 4.74 Å². The van der Waals surface area contributed by atoms with E-state index in [9.17, 15) is 0 Å². The van der Waals surface area contributed by atoms with E-state index in [1.165, 1.54) is 25.7 Å². The molecule has 2 heterocycles. The summed E-state index contributed by atoms with van der Waals surface area (Å²) in [5.41, 5.74) is 0. The van der Waals surface area contributed by atoms with Crippen LogP contribution in [0.1, 0.15) is 37.4 Å². The van der Waals surface area contributed by atoms with Crippen LogP contribution in [0.25, 0.3) is 10.7 Å². The predicted octanol–water partition coefficient (Wildman–Crippen LogP) is 3.20.